The maximum absolute atomic E-state index is 13.9. The highest BCUT2D eigenvalue weighted by Gasteiger charge is 2.51. The van der Waals surface area contributed by atoms with Gasteiger partial charge in [0.15, 0.2) is 0 Å². The summed E-state index contributed by atoms with van der Waals surface area (Å²) in [5, 5.41) is 7.66. The molecule has 4 amide bonds. The molecule has 0 spiro atoms. The number of nitrogens with zero attached hydrogens (tertiary/aromatic N) is 4. The van der Waals surface area contributed by atoms with Crippen molar-refractivity contribution in [1.82, 2.24) is 40.4 Å². The number of nitrogens with one attached hydrogen (secondary N) is 4. The molecule has 3 aliphatic rings. The second-order valence-electron chi connectivity index (χ2n) is 17.0. The highest BCUT2D eigenvalue weighted by Crippen LogP contribution is 2.50. The molecule has 3 fully saturated rings. The molecule has 0 radical (unpaired) electrons. The Morgan fingerprint density at radius 1 is 0.683 bits per heavy atom. The van der Waals surface area contributed by atoms with E-state index < -0.39 is 24.3 Å². The number of rotatable bonds is 11. The SMILES string of the molecule is COC(=O)NC(C(=O)N1CCCC1c1ncc(-c2ccc3cc(-c4ccc(-c5cnc(C6C7CCC(C7)N6C(=O)C(NC(=O)OC)C(C)C)[nH]5)cc4)ccc3c2)[nH]1)C(C)C. The van der Waals surface area contributed by atoms with Crippen LogP contribution in [0.4, 0.5) is 9.59 Å². The van der Waals surface area contributed by atoms with Gasteiger partial charge in [0, 0.05) is 18.2 Å². The molecule has 5 aromatic rings. The van der Waals surface area contributed by atoms with Crippen LogP contribution in [0.5, 0.6) is 0 Å². The first kappa shape index (κ1) is 40.6. The zero-order chi connectivity index (χ0) is 42.2. The molecule has 6 unspecified atom stereocenters. The van der Waals surface area contributed by atoms with Crippen molar-refractivity contribution in [2.75, 3.05) is 20.8 Å². The molecule has 2 bridgehead atoms. The summed E-state index contributed by atoms with van der Waals surface area (Å²) in [4.78, 5) is 72.0. The summed E-state index contributed by atoms with van der Waals surface area (Å²) < 4.78 is 9.60. The number of fused-ring (bicyclic) bond motifs is 3. The lowest BCUT2D eigenvalue weighted by atomic mass is 9.95. The van der Waals surface area contributed by atoms with Crippen LogP contribution in [0.2, 0.25) is 0 Å². The zero-order valence-electron chi connectivity index (χ0n) is 35.0. The first-order chi connectivity index (χ1) is 28.9. The summed E-state index contributed by atoms with van der Waals surface area (Å²) in [5.41, 5.74) is 5.93. The van der Waals surface area contributed by atoms with Gasteiger partial charge in [-0.3, -0.25) is 9.59 Å². The number of aromatic nitrogens is 4. The lowest BCUT2D eigenvalue weighted by Crippen LogP contribution is -2.54. The van der Waals surface area contributed by atoms with Crippen molar-refractivity contribution in [3.05, 3.63) is 84.7 Å². The van der Waals surface area contributed by atoms with E-state index >= 15 is 0 Å². The summed E-state index contributed by atoms with van der Waals surface area (Å²) in [6, 6.07) is 19.6. The molecule has 2 aromatic heterocycles. The van der Waals surface area contributed by atoms with Crippen LogP contribution in [0.25, 0.3) is 44.4 Å². The van der Waals surface area contributed by atoms with E-state index in [0.717, 1.165) is 88.2 Å². The van der Waals surface area contributed by atoms with E-state index in [0.29, 0.717) is 12.5 Å². The molecule has 4 N–H and O–H groups in total. The molecule has 6 atom stereocenters. The number of hydrogen-bond donors (Lipinski definition) is 4. The highest BCUT2D eigenvalue weighted by molar-refractivity contribution is 5.91. The van der Waals surface area contributed by atoms with Crippen LogP contribution in [0, 0.1) is 17.8 Å². The third kappa shape index (κ3) is 7.82. The fourth-order valence-corrected chi connectivity index (χ4v) is 9.43. The molecule has 1 aliphatic carbocycles. The Morgan fingerprint density at radius 2 is 1.23 bits per heavy atom. The van der Waals surface area contributed by atoms with Crippen LogP contribution in [0.15, 0.2) is 73.1 Å². The van der Waals surface area contributed by atoms with Gasteiger partial charge in [-0.2, -0.15) is 0 Å². The molecule has 1 saturated carbocycles. The smallest absolute Gasteiger partial charge is 0.407 e. The highest BCUT2D eigenvalue weighted by atomic mass is 16.5. The monoisotopic (exact) mass is 814 g/mol. The van der Waals surface area contributed by atoms with E-state index in [1.54, 1.807) is 0 Å². The minimum Gasteiger partial charge on any atom is -0.453 e. The second kappa shape index (κ2) is 16.8. The maximum Gasteiger partial charge on any atom is 0.407 e. The minimum atomic E-state index is -0.688. The van der Waals surface area contributed by atoms with E-state index in [2.05, 4.69) is 81.3 Å². The van der Waals surface area contributed by atoms with Crippen molar-refractivity contribution in [3.63, 3.8) is 0 Å². The van der Waals surface area contributed by atoms with Gasteiger partial charge in [0.05, 0.1) is 50.1 Å². The van der Waals surface area contributed by atoms with E-state index in [9.17, 15) is 19.2 Å². The molecule has 3 aromatic carbocycles. The Bertz CT molecular complexity index is 2390. The Hall–Kier alpha value is -6.18. The standard InChI is InChI=1S/C46H54N8O6/c1-25(2)38(51-45(57)59-5)43(55)53-19-7-8-37(53)41-47-24-36(49-41)32-16-15-30-20-29(13-14-31(30)21-32)27-9-11-28(12-10-27)35-23-48-42(50-35)40-33-17-18-34(22-33)54(40)44(56)39(26(3)4)52-46(58)60-6/h9-16,20-21,23-26,33-34,37-40H,7-8,17-19,22H2,1-6H3,(H,47,49)(H,48,50)(H,51,57)(H,52,58). The number of alkyl carbamates (subject to hydrolysis) is 2. The number of aromatic amines is 2. The largest absolute Gasteiger partial charge is 0.453 e. The number of likely N-dealkylation sites (tertiary alicyclic amines) is 2. The maximum atomic E-state index is 13.9. The van der Waals surface area contributed by atoms with Crippen molar-refractivity contribution >= 4 is 34.8 Å². The Morgan fingerprint density at radius 3 is 1.88 bits per heavy atom. The van der Waals surface area contributed by atoms with Gasteiger partial charge >= 0.3 is 12.2 Å². The lowest BCUT2D eigenvalue weighted by molar-refractivity contribution is -0.139. The number of carbonyl (C=O) groups is 4. The second-order valence-corrected chi connectivity index (χ2v) is 17.0. The minimum absolute atomic E-state index is 0.0918. The zero-order valence-corrected chi connectivity index (χ0v) is 35.0. The normalized spacial score (nSPS) is 20.8. The van der Waals surface area contributed by atoms with Gasteiger partial charge in [-0.25, -0.2) is 19.6 Å². The Balaban J connectivity index is 0.954. The number of ether oxygens (including phenoxy) is 2. The Kier molecular flexibility index (Phi) is 11.4. The van der Waals surface area contributed by atoms with Crippen molar-refractivity contribution in [2.24, 2.45) is 17.8 Å². The predicted octanol–water partition coefficient (Wildman–Crippen LogP) is 7.76. The summed E-state index contributed by atoms with van der Waals surface area (Å²) in [5.74, 6) is 1.38. The average molecular weight is 815 g/mol. The number of piperidine rings is 1. The van der Waals surface area contributed by atoms with Gasteiger partial charge in [-0.15, -0.1) is 0 Å². The molecule has 14 nitrogen and oxygen atoms in total. The molecule has 2 aliphatic heterocycles. The van der Waals surface area contributed by atoms with Crippen molar-refractivity contribution in [2.45, 2.75) is 90.0 Å². The first-order valence-corrected chi connectivity index (χ1v) is 21.0. The summed E-state index contributed by atoms with van der Waals surface area (Å²) in [7, 11) is 2.60. The number of H-pyrrole nitrogens is 2. The van der Waals surface area contributed by atoms with Gasteiger partial charge in [0.2, 0.25) is 11.8 Å². The summed E-state index contributed by atoms with van der Waals surface area (Å²) in [6.45, 7) is 8.27. The first-order valence-electron chi connectivity index (χ1n) is 21.0. The molecule has 14 heteroatoms. The van der Waals surface area contributed by atoms with Gasteiger partial charge in [0.1, 0.15) is 23.7 Å². The third-order valence-electron chi connectivity index (χ3n) is 12.6. The fourth-order valence-electron chi connectivity index (χ4n) is 9.43. The molecule has 2 saturated heterocycles. The third-order valence-corrected chi connectivity index (χ3v) is 12.6. The lowest BCUT2D eigenvalue weighted by Gasteiger charge is -2.37. The van der Waals surface area contributed by atoms with E-state index in [1.807, 2.05) is 49.9 Å². The number of methoxy groups -OCH3 is 2. The molecule has 314 valence electrons. The number of imidazole rings is 2. The van der Waals surface area contributed by atoms with Crippen LogP contribution in [-0.2, 0) is 19.1 Å². The van der Waals surface area contributed by atoms with Gasteiger partial charge in [0.25, 0.3) is 0 Å². The van der Waals surface area contributed by atoms with Crippen molar-refractivity contribution in [1.29, 1.82) is 0 Å². The van der Waals surface area contributed by atoms with Crippen molar-refractivity contribution in [3.8, 4) is 33.6 Å². The van der Waals surface area contributed by atoms with Gasteiger partial charge in [-0.1, -0.05) is 76.2 Å². The van der Waals surface area contributed by atoms with E-state index in [-0.39, 0.29) is 41.8 Å². The average Bonchev–Trinajstić information content (AvgIpc) is 4.12. The number of hydrogen-bond acceptors (Lipinski definition) is 8. The van der Waals surface area contributed by atoms with E-state index in [4.69, 9.17) is 19.4 Å². The number of carbonyl (C=O) groups excluding carboxylic acids is 4. The topological polar surface area (TPSA) is 175 Å². The summed E-state index contributed by atoms with van der Waals surface area (Å²) in [6.07, 6.45) is 7.00. The number of benzene rings is 3. The predicted molar refractivity (Wildman–Crippen MR) is 227 cm³/mol. The van der Waals surface area contributed by atoms with Crippen LogP contribution in [0.3, 0.4) is 0 Å². The summed E-state index contributed by atoms with van der Waals surface area (Å²) >= 11 is 0. The van der Waals surface area contributed by atoms with Gasteiger partial charge < -0.3 is 39.9 Å². The Labute approximate surface area is 349 Å². The molecular formula is C46H54N8O6. The van der Waals surface area contributed by atoms with Crippen LogP contribution in [0.1, 0.15) is 83.5 Å². The van der Waals surface area contributed by atoms with E-state index in [1.165, 1.54) is 14.2 Å². The molecular weight excluding hydrogens is 761 g/mol. The number of amides is 4. The quantitative estimate of drug-likeness (QED) is 0.105. The van der Waals surface area contributed by atoms with Crippen LogP contribution < -0.4 is 10.6 Å². The fraction of sp³-hybridized carbons (Fsp3) is 0.435. The van der Waals surface area contributed by atoms with Gasteiger partial charge in [-0.05, 0) is 89.5 Å². The molecule has 60 heavy (non-hydrogen) atoms. The molecule has 8 rings (SSSR count). The van der Waals surface area contributed by atoms with Crippen LogP contribution in [-0.4, -0.2) is 92.6 Å². The molecule has 4 heterocycles. The van der Waals surface area contributed by atoms with Crippen molar-refractivity contribution < 1.29 is 28.7 Å². The van der Waals surface area contributed by atoms with Crippen LogP contribution >= 0.6 is 0 Å².